The number of aromatic nitrogens is 3. The van der Waals surface area contributed by atoms with Crippen LogP contribution < -0.4 is 15.4 Å². The highest BCUT2D eigenvalue weighted by atomic mass is 16.5. The Kier molecular flexibility index (Phi) is 5.34. The van der Waals surface area contributed by atoms with Crippen molar-refractivity contribution in [1.29, 1.82) is 0 Å². The van der Waals surface area contributed by atoms with Gasteiger partial charge in [-0.05, 0) is 33.1 Å². The lowest BCUT2D eigenvalue weighted by Gasteiger charge is -2.26. The molecule has 0 radical (unpaired) electrons. The number of ether oxygens (including phenoxy) is 2. The molecular formula is C13H23N5O2. The highest BCUT2D eigenvalue weighted by Crippen LogP contribution is 2.18. The lowest BCUT2D eigenvalue weighted by Crippen LogP contribution is -2.31. The monoisotopic (exact) mass is 281 g/mol. The third-order valence-electron chi connectivity index (χ3n) is 3.02. The van der Waals surface area contributed by atoms with Gasteiger partial charge in [-0.2, -0.15) is 15.0 Å². The summed E-state index contributed by atoms with van der Waals surface area (Å²) in [5.74, 6) is 0.803. The van der Waals surface area contributed by atoms with Crippen molar-refractivity contribution in [1.82, 2.24) is 15.0 Å². The van der Waals surface area contributed by atoms with Gasteiger partial charge in [-0.15, -0.1) is 0 Å². The summed E-state index contributed by atoms with van der Waals surface area (Å²) in [5, 5.41) is 0. The van der Waals surface area contributed by atoms with Crippen molar-refractivity contribution in [2.75, 3.05) is 36.9 Å². The molecule has 1 aliphatic rings. The summed E-state index contributed by atoms with van der Waals surface area (Å²) in [4.78, 5) is 14.6. The topological polar surface area (TPSA) is 86.4 Å². The molecule has 112 valence electrons. The van der Waals surface area contributed by atoms with E-state index < -0.39 is 0 Å². The van der Waals surface area contributed by atoms with Crippen molar-refractivity contribution in [2.45, 2.75) is 39.2 Å². The van der Waals surface area contributed by atoms with Gasteiger partial charge in [0.1, 0.15) is 6.61 Å². The number of nitrogen functional groups attached to an aromatic ring is 1. The van der Waals surface area contributed by atoms with E-state index in [9.17, 15) is 0 Å². The van der Waals surface area contributed by atoms with Crippen LogP contribution >= 0.6 is 0 Å². The first-order valence-electron chi connectivity index (χ1n) is 7.16. The Morgan fingerprint density at radius 1 is 1.10 bits per heavy atom. The second-order valence-electron chi connectivity index (χ2n) is 5.09. The van der Waals surface area contributed by atoms with Crippen LogP contribution in [0.5, 0.6) is 6.01 Å². The number of nitrogens with two attached hydrogens (primary N) is 1. The largest absolute Gasteiger partial charge is 0.461 e. The summed E-state index contributed by atoms with van der Waals surface area (Å²) < 4.78 is 10.9. The van der Waals surface area contributed by atoms with Gasteiger partial charge in [0, 0.05) is 13.1 Å². The van der Waals surface area contributed by atoms with Crippen LogP contribution in [-0.4, -0.2) is 47.4 Å². The third-order valence-corrected chi connectivity index (χ3v) is 3.02. The van der Waals surface area contributed by atoms with E-state index in [1.54, 1.807) is 0 Å². The van der Waals surface area contributed by atoms with E-state index in [4.69, 9.17) is 15.2 Å². The molecule has 1 aliphatic heterocycles. The van der Waals surface area contributed by atoms with Gasteiger partial charge in [0.05, 0.1) is 12.7 Å². The van der Waals surface area contributed by atoms with E-state index >= 15 is 0 Å². The molecule has 1 fully saturated rings. The quantitative estimate of drug-likeness (QED) is 0.785. The molecule has 2 heterocycles. The number of nitrogens with zero attached hydrogens (tertiary/aromatic N) is 4. The molecule has 0 unspecified atom stereocenters. The van der Waals surface area contributed by atoms with Gasteiger partial charge in [-0.1, -0.05) is 0 Å². The van der Waals surface area contributed by atoms with Gasteiger partial charge in [0.15, 0.2) is 0 Å². The van der Waals surface area contributed by atoms with Crippen LogP contribution in [-0.2, 0) is 4.74 Å². The fraction of sp³-hybridized carbons (Fsp3) is 0.769. The molecule has 20 heavy (non-hydrogen) atoms. The van der Waals surface area contributed by atoms with Crippen molar-refractivity contribution < 1.29 is 9.47 Å². The smallest absolute Gasteiger partial charge is 0.323 e. The molecule has 0 saturated carbocycles. The minimum absolute atomic E-state index is 0.186. The molecule has 7 heteroatoms. The van der Waals surface area contributed by atoms with E-state index in [-0.39, 0.29) is 18.1 Å². The predicted octanol–water partition coefficient (Wildman–Crippen LogP) is 1.25. The first-order chi connectivity index (χ1) is 9.65. The fourth-order valence-electron chi connectivity index (χ4n) is 2.08. The maximum Gasteiger partial charge on any atom is 0.323 e. The number of piperidine rings is 1. The third kappa shape index (κ3) is 4.48. The van der Waals surface area contributed by atoms with Crippen LogP contribution in [0.2, 0.25) is 0 Å². The molecule has 0 atom stereocenters. The summed E-state index contributed by atoms with van der Waals surface area (Å²) in [6.07, 6.45) is 3.76. The summed E-state index contributed by atoms with van der Waals surface area (Å²) in [6.45, 7) is 6.78. The number of hydrogen-bond acceptors (Lipinski definition) is 7. The van der Waals surface area contributed by atoms with Gasteiger partial charge < -0.3 is 20.1 Å². The van der Waals surface area contributed by atoms with Gasteiger partial charge in [0.25, 0.3) is 0 Å². The molecule has 2 N–H and O–H groups in total. The van der Waals surface area contributed by atoms with E-state index in [1.807, 2.05) is 13.8 Å². The van der Waals surface area contributed by atoms with Gasteiger partial charge in [0.2, 0.25) is 11.9 Å². The normalized spacial score (nSPS) is 15.7. The molecule has 2 rings (SSSR count). The maximum absolute atomic E-state index is 5.72. The second-order valence-corrected chi connectivity index (χ2v) is 5.09. The molecule has 7 nitrogen and oxygen atoms in total. The Morgan fingerprint density at radius 3 is 2.55 bits per heavy atom. The van der Waals surface area contributed by atoms with Crippen molar-refractivity contribution in [2.24, 2.45) is 0 Å². The number of hydrogen-bond donors (Lipinski definition) is 1. The Morgan fingerprint density at radius 2 is 1.85 bits per heavy atom. The van der Waals surface area contributed by atoms with Crippen LogP contribution in [0.4, 0.5) is 11.9 Å². The lowest BCUT2D eigenvalue weighted by molar-refractivity contribution is 0.0531. The second kappa shape index (κ2) is 7.23. The Hall–Kier alpha value is -1.63. The average Bonchev–Trinajstić information content (AvgIpc) is 2.44. The van der Waals surface area contributed by atoms with Crippen LogP contribution in [0.25, 0.3) is 0 Å². The molecule has 1 aromatic rings. The zero-order valence-corrected chi connectivity index (χ0v) is 12.2. The van der Waals surface area contributed by atoms with Gasteiger partial charge in [-0.3, -0.25) is 0 Å². The molecule has 1 saturated heterocycles. The van der Waals surface area contributed by atoms with Crippen LogP contribution in [0, 0.1) is 0 Å². The number of anilines is 2. The van der Waals surface area contributed by atoms with E-state index in [0.29, 0.717) is 19.2 Å². The zero-order chi connectivity index (χ0) is 14.4. The van der Waals surface area contributed by atoms with Crippen LogP contribution in [0.1, 0.15) is 33.1 Å². The highest BCUT2D eigenvalue weighted by Gasteiger charge is 2.15. The molecule has 0 aliphatic carbocycles. The van der Waals surface area contributed by atoms with Gasteiger partial charge >= 0.3 is 6.01 Å². The van der Waals surface area contributed by atoms with Crippen molar-refractivity contribution >= 4 is 11.9 Å². The minimum Gasteiger partial charge on any atom is -0.461 e. The minimum atomic E-state index is 0.186. The Labute approximate surface area is 119 Å². The van der Waals surface area contributed by atoms with E-state index in [0.717, 1.165) is 25.9 Å². The standard InChI is InChI=1S/C13H23N5O2/c1-10(2)19-8-9-20-13-16-11(14)15-12(17-13)18-6-4-3-5-7-18/h10H,3-9H2,1-2H3,(H2,14,15,16,17). The first kappa shape index (κ1) is 14.8. The lowest BCUT2D eigenvalue weighted by atomic mass is 10.1. The van der Waals surface area contributed by atoms with Crippen LogP contribution in [0.3, 0.4) is 0 Å². The average molecular weight is 281 g/mol. The molecule has 0 amide bonds. The summed E-state index contributed by atoms with van der Waals surface area (Å²) in [6, 6.07) is 0.269. The Balaban J connectivity index is 1.93. The van der Waals surface area contributed by atoms with Crippen molar-refractivity contribution in [3.05, 3.63) is 0 Å². The predicted molar refractivity (Wildman–Crippen MR) is 76.9 cm³/mol. The Bertz CT molecular complexity index is 421. The first-order valence-corrected chi connectivity index (χ1v) is 7.16. The van der Waals surface area contributed by atoms with E-state index in [1.165, 1.54) is 6.42 Å². The van der Waals surface area contributed by atoms with Crippen molar-refractivity contribution in [3.8, 4) is 6.01 Å². The summed E-state index contributed by atoms with van der Waals surface area (Å²) in [5.41, 5.74) is 5.72. The molecule has 0 bridgehead atoms. The fourth-order valence-corrected chi connectivity index (χ4v) is 2.08. The van der Waals surface area contributed by atoms with Gasteiger partial charge in [-0.25, -0.2) is 0 Å². The highest BCUT2D eigenvalue weighted by molar-refractivity contribution is 5.36. The molecule has 1 aromatic heterocycles. The summed E-state index contributed by atoms with van der Waals surface area (Å²) in [7, 11) is 0. The summed E-state index contributed by atoms with van der Waals surface area (Å²) >= 11 is 0. The SMILES string of the molecule is CC(C)OCCOc1nc(N)nc(N2CCCCC2)n1. The maximum atomic E-state index is 5.72. The molecule has 0 spiro atoms. The number of rotatable bonds is 6. The van der Waals surface area contributed by atoms with E-state index in [2.05, 4.69) is 19.9 Å². The zero-order valence-electron chi connectivity index (χ0n) is 12.2. The molecule has 0 aromatic carbocycles. The van der Waals surface area contributed by atoms with Crippen molar-refractivity contribution in [3.63, 3.8) is 0 Å². The molecular weight excluding hydrogens is 258 g/mol. The van der Waals surface area contributed by atoms with Crippen LogP contribution in [0.15, 0.2) is 0 Å².